The molecule has 3 heteroatoms. The summed E-state index contributed by atoms with van der Waals surface area (Å²) in [6.07, 6.45) is 1.87. The van der Waals surface area contributed by atoms with Crippen LogP contribution in [0.5, 0.6) is 0 Å². The van der Waals surface area contributed by atoms with Gasteiger partial charge in [-0.3, -0.25) is 4.98 Å². The first kappa shape index (κ1) is 32.3. The van der Waals surface area contributed by atoms with Gasteiger partial charge in [-0.05, 0) is 109 Å². The molecule has 0 saturated heterocycles. The molecule has 3 heterocycles. The molecule has 0 spiro atoms. The van der Waals surface area contributed by atoms with Gasteiger partial charge in [0.05, 0.1) is 11.1 Å². The number of rotatable bonds is 4. The molecule has 3 aromatic heterocycles. The molecule has 1 unspecified atom stereocenters. The van der Waals surface area contributed by atoms with Crippen LogP contribution in [-0.4, -0.2) is 4.98 Å². The Bertz CT molecular complexity index is 3670. The lowest BCUT2D eigenvalue weighted by Crippen LogP contribution is -2.28. The fourth-order valence-electron chi connectivity index (χ4n) is 10.4. The van der Waals surface area contributed by atoms with E-state index in [4.69, 9.17) is 13.8 Å². The second kappa shape index (κ2) is 12.1. The van der Waals surface area contributed by atoms with E-state index < -0.39 is 5.41 Å². The van der Waals surface area contributed by atoms with E-state index >= 15 is 0 Å². The summed E-state index contributed by atoms with van der Waals surface area (Å²) >= 11 is 0. The van der Waals surface area contributed by atoms with E-state index in [2.05, 4.69) is 182 Å². The van der Waals surface area contributed by atoms with Crippen LogP contribution >= 0.6 is 0 Å². The fourth-order valence-corrected chi connectivity index (χ4v) is 10.4. The van der Waals surface area contributed by atoms with Crippen LogP contribution < -0.4 is 0 Å². The van der Waals surface area contributed by atoms with Crippen molar-refractivity contribution in [2.75, 3.05) is 0 Å². The van der Waals surface area contributed by atoms with Crippen LogP contribution in [0.25, 0.3) is 98.9 Å². The molecule has 1 atom stereocenters. The molecule has 9 aromatic carbocycles. The normalized spacial score (nSPS) is 14.8. The number of hydrogen-bond acceptors (Lipinski definition) is 3. The van der Waals surface area contributed by atoms with Crippen molar-refractivity contribution in [1.82, 2.24) is 4.98 Å². The van der Waals surface area contributed by atoms with Gasteiger partial charge in [0.25, 0.3) is 0 Å². The molecule has 0 radical (unpaired) electrons. The van der Waals surface area contributed by atoms with Crippen molar-refractivity contribution >= 4 is 65.4 Å². The Morgan fingerprint density at radius 1 is 0.373 bits per heavy atom. The van der Waals surface area contributed by atoms with Gasteiger partial charge < -0.3 is 8.83 Å². The largest absolute Gasteiger partial charge is 0.456 e. The summed E-state index contributed by atoms with van der Waals surface area (Å²) in [6, 6.07) is 70.1. The first-order chi connectivity index (χ1) is 29.3. The van der Waals surface area contributed by atoms with Crippen LogP contribution in [-0.2, 0) is 5.41 Å². The molecule has 13 rings (SSSR count). The summed E-state index contributed by atoms with van der Waals surface area (Å²) in [5.41, 5.74) is 14.0. The smallest absolute Gasteiger partial charge is 0.145 e. The van der Waals surface area contributed by atoms with Gasteiger partial charge in [0, 0.05) is 33.3 Å². The third-order valence-electron chi connectivity index (χ3n) is 12.8. The van der Waals surface area contributed by atoms with Crippen molar-refractivity contribution in [2.24, 2.45) is 0 Å². The SMILES string of the molecule is c1ccc(C2(c3ccc4c(c3)oc3ccccc34)c3cc(-c4cccc5ccccc45)c4ccccc4c3-c3c2cc(-c2ccccn2)c2oc4ccccc4c32)cc1. The van der Waals surface area contributed by atoms with E-state index in [-0.39, 0.29) is 0 Å². The number of nitrogens with zero attached hydrogens (tertiary/aromatic N) is 1. The molecule has 12 aromatic rings. The fraction of sp³-hybridized carbons (Fsp3) is 0.0179. The summed E-state index contributed by atoms with van der Waals surface area (Å²) in [5.74, 6) is 0. The van der Waals surface area contributed by atoms with Crippen molar-refractivity contribution in [3.8, 4) is 33.5 Å². The Kier molecular flexibility index (Phi) is 6.65. The number of para-hydroxylation sites is 2. The quantitative estimate of drug-likeness (QED) is 0.180. The van der Waals surface area contributed by atoms with Gasteiger partial charge in [0.15, 0.2) is 0 Å². The number of furan rings is 2. The van der Waals surface area contributed by atoms with Gasteiger partial charge in [0.2, 0.25) is 0 Å². The standard InChI is InChI=1S/C56H33NO2/c1-2-17-35(18-3-1)56(36-28-29-41-40-21-8-10-26-49(40)58-51(41)31-36)46-32-44(38-24-14-16-34-15-4-5-19-37(34)38)39-20-6-7-22-42(39)52(46)54-47(56)33-45(48-25-12-13-30-57-48)55-53(54)43-23-9-11-27-50(43)59-55/h1-33H. The minimum absolute atomic E-state index is 0.779. The molecule has 1 aliphatic rings. The predicted octanol–water partition coefficient (Wildman–Crippen LogP) is 14.9. The first-order valence-corrected chi connectivity index (χ1v) is 20.2. The highest BCUT2D eigenvalue weighted by molar-refractivity contribution is 6.23. The summed E-state index contributed by atoms with van der Waals surface area (Å²) in [6.45, 7) is 0. The third kappa shape index (κ3) is 4.39. The number of aromatic nitrogens is 1. The molecule has 0 amide bonds. The molecular weight excluding hydrogens is 719 g/mol. The van der Waals surface area contributed by atoms with Crippen molar-refractivity contribution in [1.29, 1.82) is 0 Å². The lowest BCUT2D eigenvalue weighted by molar-refractivity contribution is 0.665. The highest BCUT2D eigenvalue weighted by Gasteiger charge is 2.49. The monoisotopic (exact) mass is 751 g/mol. The van der Waals surface area contributed by atoms with Gasteiger partial charge >= 0.3 is 0 Å². The third-order valence-corrected chi connectivity index (χ3v) is 12.8. The van der Waals surface area contributed by atoms with E-state index in [9.17, 15) is 0 Å². The Hall–Kier alpha value is -7.75. The number of hydrogen-bond donors (Lipinski definition) is 0. The summed E-state index contributed by atoms with van der Waals surface area (Å²) in [4.78, 5) is 4.96. The molecular formula is C56H33NO2. The molecule has 0 saturated carbocycles. The van der Waals surface area contributed by atoms with Crippen molar-refractivity contribution in [2.45, 2.75) is 5.41 Å². The topological polar surface area (TPSA) is 39.2 Å². The summed E-state index contributed by atoms with van der Waals surface area (Å²) in [7, 11) is 0. The molecule has 0 aliphatic heterocycles. The molecule has 0 bridgehead atoms. The molecule has 274 valence electrons. The maximum atomic E-state index is 6.95. The minimum Gasteiger partial charge on any atom is -0.456 e. The van der Waals surface area contributed by atoms with Gasteiger partial charge in [-0.2, -0.15) is 0 Å². The second-order valence-corrected chi connectivity index (χ2v) is 15.7. The second-order valence-electron chi connectivity index (χ2n) is 15.7. The number of benzene rings is 9. The Labute approximate surface area is 339 Å². The van der Waals surface area contributed by atoms with E-state index in [0.29, 0.717) is 0 Å². The van der Waals surface area contributed by atoms with Gasteiger partial charge in [-0.1, -0.05) is 152 Å². The van der Waals surface area contributed by atoms with Crippen LogP contribution in [0.15, 0.2) is 209 Å². The van der Waals surface area contributed by atoms with E-state index in [0.717, 1.165) is 60.7 Å². The minimum atomic E-state index is -0.779. The average molecular weight is 752 g/mol. The van der Waals surface area contributed by atoms with Crippen LogP contribution in [0.2, 0.25) is 0 Å². The van der Waals surface area contributed by atoms with Crippen molar-refractivity contribution in [3.63, 3.8) is 0 Å². The van der Waals surface area contributed by atoms with E-state index in [1.165, 1.54) is 60.5 Å². The van der Waals surface area contributed by atoms with Crippen LogP contribution in [0, 0.1) is 0 Å². The Morgan fingerprint density at radius 2 is 1.02 bits per heavy atom. The van der Waals surface area contributed by atoms with Gasteiger partial charge in [-0.25, -0.2) is 0 Å². The highest BCUT2D eigenvalue weighted by Crippen LogP contribution is 2.63. The zero-order chi connectivity index (χ0) is 38.7. The lowest BCUT2D eigenvalue weighted by atomic mass is 9.66. The van der Waals surface area contributed by atoms with Crippen molar-refractivity contribution < 1.29 is 8.83 Å². The van der Waals surface area contributed by atoms with Crippen LogP contribution in [0.3, 0.4) is 0 Å². The molecule has 1 aliphatic carbocycles. The number of pyridine rings is 1. The summed E-state index contributed by atoms with van der Waals surface area (Å²) in [5, 5.41) is 9.26. The zero-order valence-corrected chi connectivity index (χ0v) is 31.8. The maximum absolute atomic E-state index is 6.95. The predicted molar refractivity (Wildman–Crippen MR) is 242 cm³/mol. The molecule has 0 fully saturated rings. The van der Waals surface area contributed by atoms with E-state index in [1.807, 2.05) is 18.3 Å². The lowest BCUT2D eigenvalue weighted by Gasteiger charge is -2.34. The average Bonchev–Trinajstić information content (AvgIpc) is 3.97. The van der Waals surface area contributed by atoms with Crippen molar-refractivity contribution in [3.05, 3.63) is 223 Å². The Balaban J connectivity index is 1.28. The first-order valence-electron chi connectivity index (χ1n) is 20.2. The number of fused-ring (bicyclic) bond motifs is 13. The van der Waals surface area contributed by atoms with Gasteiger partial charge in [0.1, 0.15) is 22.3 Å². The van der Waals surface area contributed by atoms with Crippen LogP contribution in [0.1, 0.15) is 22.3 Å². The summed E-state index contributed by atoms with van der Waals surface area (Å²) < 4.78 is 13.7. The Morgan fingerprint density at radius 3 is 1.85 bits per heavy atom. The maximum Gasteiger partial charge on any atom is 0.145 e. The van der Waals surface area contributed by atoms with Gasteiger partial charge in [-0.15, -0.1) is 0 Å². The highest BCUT2D eigenvalue weighted by atomic mass is 16.3. The van der Waals surface area contributed by atoms with E-state index in [1.54, 1.807) is 0 Å². The van der Waals surface area contributed by atoms with Crippen LogP contribution in [0.4, 0.5) is 0 Å². The molecule has 3 nitrogen and oxygen atoms in total. The molecule has 0 N–H and O–H groups in total. The molecule has 59 heavy (non-hydrogen) atoms. The zero-order valence-electron chi connectivity index (χ0n) is 31.8.